The van der Waals surface area contributed by atoms with E-state index in [0.717, 1.165) is 26.1 Å². The Morgan fingerprint density at radius 2 is 2.07 bits per heavy atom. The van der Waals surface area contributed by atoms with Crippen molar-refractivity contribution in [3.63, 3.8) is 0 Å². The van der Waals surface area contributed by atoms with E-state index in [-0.39, 0.29) is 28.8 Å². The second-order valence-corrected chi connectivity index (χ2v) is 7.75. The van der Waals surface area contributed by atoms with Crippen LogP contribution >= 0.6 is 0 Å². The average Bonchev–Trinajstić information content (AvgIpc) is 3.12. The summed E-state index contributed by atoms with van der Waals surface area (Å²) in [5.74, 6) is 0.0649. The van der Waals surface area contributed by atoms with Crippen molar-refractivity contribution < 1.29 is 9.72 Å². The summed E-state index contributed by atoms with van der Waals surface area (Å²) in [6, 6.07) is 3.27. The molecule has 4 unspecified atom stereocenters. The summed E-state index contributed by atoms with van der Waals surface area (Å²) in [6.45, 7) is 3.87. The number of hydrazine groups is 1. The van der Waals surface area contributed by atoms with Crippen molar-refractivity contribution >= 4 is 5.91 Å². The van der Waals surface area contributed by atoms with Gasteiger partial charge < -0.3 is 4.90 Å². The van der Waals surface area contributed by atoms with E-state index >= 15 is 0 Å². The Hall–Kier alpha value is -2.10. The molecule has 4 atom stereocenters. The second-order valence-electron chi connectivity index (χ2n) is 7.75. The number of carbonyl (C=O) groups is 1. The molecule has 0 aromatic carbocycles. The average molecular weight is 374 g/mol. The topological polar surface area (TPSA) is 104 Å². The van der Waals surface area contributed by atoms with Crippen LogP contribution in [0.25, 0.3) is 0 Å². The summed E-state index contributed by atoms with van der Waals surface area (Å²) in [5.41, 5.74) is 7.49. The number of piperazine rings is 1. The Morgan fingerprint density at radius 3 is 2.78 bits per heavy atom. The van der Waals surface area contributed by atoms with Crippen molar-refractivity contribution in [3.8, 4) is 0 Å². The quantitative estimate of drug-likeness (QED) is 0.565. The van der Waals surface area contributed by atoms with Crippen LogP contribution in [0.5, 0.6) is 0 Å². The molecule has 0 bridgehead atoms. The number of nitrogens with one attached hydrogen (secondary N) is 2. The number of amides is 1. The number of carbonyl (C=O) groups excluding carboxylic acids is 1. The molecule has 9 nitrogen and oxygen atoms in total. The highest BCUT2D eigenvalue weighted by Crippen LogP contribution is 2.32. The Kier molecular flexibility index (Phi) is 5.33. The summed E-state index contributed by atoms with van der Waals surface area (Å²) in [6.07, 6.45) is 5.43. The predicted molar refractivity (Wildman–Crippen MR) is 98.1 cm³/mol. The lowest BCUT2D eigenvalue weighted by molar-refractivity contribution is -0.528. The van der Waals surface area contributed by atoms with Crippen LogP contribution in [-0.2, 0) is 11.3 Å². The van der Waals surface area contributed by atoms with Crippen LogP contribution in [0, 0.1) is 16.0 Å². The lowest BCUT2D eigenvalue weighted by Gasteiger charge is -2.37. The molecule has 2 aliphatic heterocycles. The molecule has 1 amide bonds. The molecule has 2 saturated heterocycles. The smallest absolute Gasteiger partial charge is 0.241 e. The van der Waals surface area contributed by atoms with E-state index in [4.69, 9.17) is 0 Å². The van der Waals surface area contributed by atoms with Gasteiger partial charge in [0.2, 0.25) is 11.9 Å². The summed E-state index contributed by atoms with van der Waals surface area (Å²) in [7, 11) is 0. The molecule has 0 radical (unpaired) electrons. The van der Waals surface area contributed by atoms with Gasteiger partial charge in [-0.15, -0.1) is 0 Å². The SMILES string of the molecule is O=C(C1NNC2CCC([N+](=O)[O-])CC21)N1CCN(Cc2cccnc2)CC1. The van der Waals surface area contributed by atoms with Gasteiger partial charge >= 0.3 is 0 Å². The zero-order chi connectivity index (χ0) is 18.8. The summed E-state index contributed by atoms with van der Waals surface area (Å²) >= 11 is 0. The zero-order valence-corrected chi connectivity index (χ0v) is 15.3. The Labute approximate surface area is 158 Å². The van der Waals surface area contributed by atoms with Gasteiger partial charge in [-0.2, -0.15) is 0 Å². The lowest BCUT2D eigenvalue weighted by Crippen LogP contribution is -2.55. The fraction of sp³-hybridized carbons (Fsp3) is 0.667. The minimum Gasteiger partial charge on any atom is -0.339 e. The third-order valence-corrected chi connectivity index (χ3v) is 6.10. The number of nitro groups is 1. The molecule has 2 N–H and O–H groups in total. The van der Waals surface area contributed by atoms with Gasteiger partial charge in [0.25, 0.3) is 0 Å². The largest absolute Gasteiger partial charge is 0.339 e. The van der Waals surface area contributed by atoms with Gasteiger partial charge in [0.1, 0.15) is 6.04 Å². The Balaban J connectivity index is 1.32. The first kappa shape index (κ1) is 18.3. The maximum atomic E-state index is 13.0. The first-order valence-electron chi connectivity index (χ1n) is 9.66. The molecule has 27 heavy (non-hydrogen) atoms. The Morgan fingerprint density at radius 1 is 1.26 bits per heavy atom. The molecule has 0 spiro atoms. The van der Waals surface area contributed by atoms with E-state index in [1.54, 1.807) is 6.20 Å². The number of nitrogens with zero attached hydrogens (tertiary/aromatic N) is 4. The molecule has 1 aromatic heterocycles. The molecule has 1 aliphatic carbocycles. The van der Waals surface area contributed by atoms with Gasteiger partial charge in [0.05, 0.1) is 0 Å². The van der Waals surface area contributed by atoms with E-state index in [9.17, 15) is 14.9 Å². The molecule has 3 fully saturated rings. The van der Waals surface area contributed by atoms with Crippen molar-refractivity contribution in [1.29, 1.82) is 0 Å². The lowest BCUT2D eigenvalue weighted by atomic mass is 9.79. The van der Waals surface area contributed by atoms with E-state index in [1.165, 1.54) is 5.56 Å². The Bertz CT molecular complexity index is 679. The van der Waals surface area contributed by atoms with Gasteiger partial charge in [-0.1, -0.05) is 6.07 Å². The second kappa shape index (κ2) is 7.87. The van der Waals surface area contributed by atoms with E-state index in [0.29, 0.717) is 25.9 Å². The van der Waals surface area contributed by atoms with Crippen LogP contribution in [0.15, 0.2) is 24.5 Å². The highest BCUT2D eigenvalue weighted by atomic mass is 16.6. The third kappa shape index (κ3) is 3.95. The molecular weight excluding hydrogens is 348 g/mol. The highest BCUT2D eigenvalue weighted by Gasteiger charge is 2.47. The van der Waals surface area contributed by atoms with Crippen LogP contribution < -0.4 is 10.9 Å². The van der Waals surface area contributed by atoms with Gasteiger partial charge in [0, 0.05) is 74.8 Å². The van der Waals surface area contributed by atoms with Crippen LogP contribution in [0.4, 0.5) is 0 Å². The molecular formula is C18H26N6O3. The first-order chi connectivity index (χ1) is 13.1. The minimum atomic E-state index is -0.528. The van der Waals surface area contributed by atoms with Gasteiger partial charge in [0.15, 0.2) is 0 Å². The van der Waals surface area contributed by atoms with Crippen LogP contribution in [0.3, 0.4) is 0 Å². The summed E-state index contributed by atoms with van der Waals surface area (Å²) in [4.78, 5) is 32.4. The van der Waals surface area contributed by atoms with Crippen molar-refractivity contribution in [2.75, 3.05) is 26.2 Å². The van der Waals surface area contributed by atoms with Crippen molar-refractivity contribution in [1.82, 2.24) is 25.6 Å². The molecule has 4 rings (SSSR count). The molecule has 3 aliphatic rings. The summed E-state index contributed by atoms with van der Waals surface area (Å²) in [5, 5.41) is 11.2. The van der Waals surface area contributed by atoms with Crippen LogP contribution in [0.2, 0.25) is 0 Å². The molecule has 1 saturated carbocycles. The van der Waals surface area contributed by atoms with E-state index in [2.05, 4.69) is 26.8 Å². The third-order valence-electron chi connectivity index (χ3n) is 6.10. The van der Waals surface area contributed by atoms with Crippen LogP contribution in [-0.4, -0.2) is 69.9 Å². The maximum Gasteiger partial charge on any atom is 0.241 e. The maximum absolute atomic E-state index is 13.0. The molecule has 1 aromatic rings. The molecule has 3 heterocycles. The van der Waals surface area contributed by atoms with Crippen molar-refractivity contribution in [3.05, 3.63) is 40.2 Å². The summed E-state index contributed by atoms with van der Waals surface area (Å²) < 4.78 is 0. The fourth-order valence-corrected chi connectivity index (χ4v) is 4.54. The minimum absolute atomic E-state index is 0.00456. The fourth-order valence-electron chi connectivity index (χ4n) is 4.54. The molecule has 146 valence electrons. The highest BCUT2D eigenvalue weighted by molar-refractivity contribution is 5.82. The van der Waals surface area contributed by atoms with Crippen molar-refractivity contribution in [2.45, 2.75) is 43.9 Å². The van der Waals surface area contributed by atoms with Gasteiger partial charge in [-0.05, 0) is 18.1 Å². The number of fused-ring (bicyclic) bond motifs is 1. The monoisotopic (exact) mass is 374 g/mol. The zero-order valence-electron chi connectivity index (χ0n) is 15.3. The molecule has 9 heteroatoms. The normalized spacial score (nSPS) is 31.5. The van der Waals surface area contributed by atoms with E-state index < -0.39 is 6.04 Å². The number of rotatable bonds is 4. The number of hydrogen-bond acceptors (Lipinski definition) is 7. The first-order valence-corrected chi connectivity index (χ1v) is 9.66. The van der Waals surface area contributed by atoms with E-state index in [1.807, 2.05) is 17.2 Å². The predicted octanol–water partition coefficient (Wildman–Crippen LogP) is 0.0162. The standard InChI is InChI=1S/C18H26N6O3/c25-18(17-15-10-14(24(26)27)3-4-16(15)20-21-17)23-8-6-22(7-9-23)12-13-2-1-5-19-11-13/h1-2,5,11,14-17,20-21H,3-4,6-10,12H2. The number of pyridine rings is 1. The van der Waals surface area contributed by atoms with Crippen molar-refractivity contribution in [2.24, 2.45) is 5.92 Å². The van der Waals surface area contributed by atoms with Crippen LogP contribution in [0.1, 0.15) is 24.8 Å². The van der Waals surface area contributed by atoms with Gasteiger partial charge in [-0.3, -0.25) is 30.2 Å². The number of aromatic nitrogens is 1. The number of hydrogen-bond donors (Lipinski definition) is 2. The van der Waals surface area contributed by atoms with Gasteiger partial charge in [-0.25, -0.2) is 5.43 Å².